The monoisotopic (exact) mass is 295 g/mol. The normalized spacial score (nSPS) is 10.8. The van der Waals surface area contributed by atoms with E-state index in [0.717, 1.165) is 35.8 Å². The highest BCUT2D eigenvalue weighted by atomic mass is 16.5. The van der Waals surface area contributed by atoms with Gasteiger partial charge in [-0.05, 0) is 38.1 Å². The Morgan fingerprint density at radius 1 is 1.09 bits per heavy atom. The van der Waals surface area contributed by atoms with Crippen LogP contribution in [0.2, 0.25) is 0 Å². The van der Waals surface area contributed by atoms with Crippen molar-refractivity contribution in [3.05, 3.63) is 54.1 Å². The molecule has 114 valence electrons. The van der Waals surface area contributed by atoms with Crippen LogP contribution < -0.4 is 10.1 Å². The first-order chi connectivity index (χ1) is 10.8. The molecule has 0 amide bonds. The summed E-state index contributed by atoms with van der Waals surface area (Å²) in [5.74, 6) is 1.80. The third-order valence-electron chi connectivity index (χ3n) is 3.59. The number of benzene rings is 2. The van der Waals surface area contributed by atoms with Crippen LogP contribution in [-0.4, -0.2) is 22.7 Å². The number of rotatable bonds is 6. The van der Waals surface area contributed by atoms with Gasteiger partial charge in [0.15, 0.2) is 0 Å². The third kappa shape index (κ3) is 3.06. The molecule has 1 aromatic heterocycles. The lowest BCUT2D eigenvalue weighted by Crippen LogP contribution is -2.12. The lowest BCUT2D eigenvalue weighted by molar-refractivity contribution is 0.301. The minimum atomic E-state index is 0.613. The number of hydrogen-bond donors (Lipinski definition) is 1. The molecule has 2 aromatic carbocycles. The Kier molecular flexibility index (Phi) is 4.28. The molecule has 0 aliphatic heterocycles. The first kappa shape index (κ1) is 14.4. The zero-order chi connectivity index (χ0) is 15.4. The Morgan fingerprint density at radius 3 is 2.64 bits per heavy atom. The second-order valence-electron chi connectivity index (χ2n) is 5.27. The van der Waals surface area contributed by atoms with Gasteiger partial charge in [0.2, 0.25) is 5.95 Å². The Morgan fingerprint density at radius 2 is 1.86 bits per heavy atom. The number of imidazole rings is 1. The molecular weight excluding hydrogens is 274 g/mol. The molecular formula is C18H21N3O. The summed E-state index contributed by atoms with van der Waals surface area (Å²) in [6.07, 6.45) is 0. The molecule has 1 heterocycles. The highest BCUT2D eigenvalue weighted by Gasteiger charge is 2.09. The Balaban J connectivity index is 1.74. The average molecular weight is 295 g/mol. The number of nitrogens with one attached hydrogen (secondary N) is 1. The van der Waals surface area contributed by atoms with E-state index < -0.39 is 0 Å². The second kappa shape index (κ2) is 6.52. The van der Waals surface area contributed by atoms with Crippen LogP contribution in [0.4, 0.5) is 5.95 Å². The number of nitrogens with zero attached hydrogens (tertiary/aromatic N) is 2. The molecule has 0 radical (unpaired) electrons. The molecule has 4 nitrogen and oxygen atoms in total. The van der Waals surface area contributed by atoms with Crippen molar-refractivity contribution >= 4 is 17.0 Å². The van der Waals surface area contributed by atoms with E-state index in [1.165, 1.54) is 5.56 Å². The SMILES string of the molecule is CCNc1nc2ccccc2n1CCOc1ccc(C)cc1. The summed E-state index contributed by atoms with van der Waals surface area (Å²) >= 11 is 0. The van der Waals surface area contributed by atoms with E-state index >= 15 is 0 Å². The van der Waals surface area contributed by atoms with Crippen molar-refractivity contribution in [1.82, 2.24) is 9.55 Å². The largest absolute Gasteiger partial charge is 0.492 e. The summed E-state index contributed by atoms with van der Waals surface area (Å²) in [7, 11) is 0. The number of hydrogen-bond acceptors (Lipinski definition) is 3. The van der Waals surface area contributed by atoms with Gasteiger partial charge < -0.3 is 14.6 Å². The molecule has 3 rings (SSSR count). The van der Waals surface area contributed by atoms with Crippen LogP contribution >= 0.6 is 0 Å². The maximum absolute atomic E-state index is 5.84. The van der Waals surface area contributed by atoms with Gasteiger partial charge >= 0.3 is 0 Å². The summed E-state index contributed by atoms with van der Waals surface area (Å²) in [5.41, 5.74) is 3.38. The van der Waals surface area contributed by atoms with Gasteiger partial charge in [-0.3, -0.25) is 0 Å². The van der Waals surface area contributed by atoms with Crippen LogP contribution in [0.3, 0.4) is 0 Å². The van der Waals surface area contributed by atoms with E-state index in [1.807, 2.05) is 30.3 Å². The van der Waals surface area contributed by atoms with Crippen molar-refractivity contribution in [3.63, 3.8) is 0 Å². The van der Waals surface area contributed by atoms with E-state index in [2.05, 4.69) is 46.9 Å². The minimum Gasteiger partial charge on any atom is -0.492 e. The van der Waals surface area contributed by atoms with Crippen molar-refractivity contribution in [1.29, 1.82) is 0 Å². The van der Waals surface area contributed by atoms with Gasteiger partial charge in [0.25, 0.3) is 0 Å². The van der Waals surface area contributed by atoms with Crippen LogP contribution in [0.5, 0.6) is 5.75 Å². The standard InChI is InChI=1S/C18H21N3O/c1-3-19-18-20-16-6-4-5-7-17(16)21(18)12-13-22-15-10-8-14(2)9-11-15/h4-11H,3,12-13H2,1-2H3,(H,19,20). The fourth-order valence-corrected chi connectivity index (χ4v) is 2.48. The predicted molar refractivity (Wildman–Crippen MR) is 90.6 cm³/mol. The molecule has 0 aliphatic rings. The lowest BCUT2D eigenvalue weighted by atomic mass is 10.2. The molecule has 0 saturated heterocycles. The van der Waals surface area contributed by atoms with Crippen LogP contribution in [0.1, 0.15) is 12.5 Å². The molecule has 0 saturated carbocycles. The van der Waals surface area contributed by atoms with E-state index in [-0.39, 0.29) is 0 Å². The van der Waals surface area contributed by atoms with E-state index in [9.17, 15) is 0 Å². The first-order valence-corrected chi connectivity index (χ1v) is 7.66. The topological polar surface area (TPSA) is 39.1 Å². The zero-order valence-corrected chi connectivity index (χ0v) is 13.0. The predicted octanol–water partition coefficient (Wildman–Crippen LogP) is 3.86. The van der Waals surface area contributed by atoms with Gasteiger partial charge in [0.05, 0.1) is 17.6 Å². The number of fused-ring (bicyclic) bond motifs is 1. The van der Waals surface area contributed by atoms with Crippen LogP contribution in [0, 0.1) is 6.92 Å². The third-order valence-corrected chi connectivity index (χ3v) is 3.59. The molecule has 0 unspecified atom stereocenters. The smallest absolute Gasteiger partial charge is 0.203 e. The fourth-order valence-electron chi connectivity index (χ4n) is 2.48. The van der Waals surface area contributed by atoms with E-state index in [1.54, 1.807) is 0 Å². The maximum atomic E-state index is 5.84. The highest BCUT2D eigenvalue weighted by Crippen LogP contribution is 2.19. The summed E-state index contributed by atoms with van der Waals surface area (Å²) in [6, 6.07) is 16.3. The summed E-state index contributed by atoms with van der Waals surface area (Å²) in [4.78, 5) is 4.64. The summed E-state index contributed by atoms with van der Waals surface area (Å²) in [5, 5.41) is 3.32. The van der Waals surface area contributed by atoms with Gasteiger partial charge in [-0.15, -0.1) is 0 Å². The van der Waals surface area contributed by atoms with Crippen molar-refractivity contribution in [3.8, 4) is 5.75 Å². The highest BCUT2D eigenvalue weighted by molar-refractivity contribution is 5.78. The quantitative estimate of drug-likeness (QED) is 0.750. The molecule has 0 fully saturated rings. The lowest BCUT2D eigenvalue weighted by Gasteiger charge is -2.11. The van der Waals surface area contributed by atoms with Gasteiger partial charge in [-0.1, -0.05) is 29.8 Å². The molecule has 0 atom stereocenters. The van der Waals surface area contributed by atoms with Gasteiger partial charge in [-0.25, -0.2) is 4.98 Å². The number of aryl methyl sites for hydroxylation is 1. The number of anilines is 1. The van der Waals surface area contributed by atoms with Crippen molar-refractivity contribution in [2.45, 2.75) is 20.4 Å². The molecule has 1 N–H and O–H groups in total. The Bertz CT molecular complexity index is 747. The van der Waals surface area contributed by atoms with Crippen molar-refractivity contribution in [2.75, 3.05) is 18.5 Å². The zero-order valence-electron chi connectivity index (χ0n) is 13.0. The number of aromatic nitrogens is 2. The van der Waals surface area contributed by atoms with Crippen molar-refractivity contribution < 1.29 is 4.74 Å². The summed E-state index contributed by atoms with van der Waals surface area (Å²) in [6.45, 7) is 6.37. The number of para-hydroxylation sites is 2. The van der Waals surface area contributed by atoms with E-state index in [0.29, 0.717) is 6.61 Å². The second-order valence-corrected chi connectivity index (χ2v) is 5.27. The molecule has 0 spiro atoms. The van der Waals surface area contributed by atoms with Gasteiger partial charge in [0, 0.05) is 6.54 Å². The van der Waals surface area contributed by atoms with Gasteiger partial charge in [0.1, 0.15) is 12.4 Å². The molecule has 22 heavy (non-hydrogen) atoms. The summed E-state index contributed by atoms with van der Waals surface area (Å²) < 4.78 is 8.01. The van der Waals surface area contributed by atoms with Gasteiger partial charge in [-0.2, -0.15) is 0 Å². The fraction of sp³-hybridized carbons (Fsp3) is 0.278. The molecule has 3 aromatic rings. The van der Waals surface area contributed by atoms with Crippen LogP contribution in [0.15, 0.2) is 48.5 Å². The Hall–Kier alpha value is -2.49. The van der Waals surface area contributed by atoms with Crippen molar-refractivity contribution in [2.24, 2.45) is 0 Å². The number of ether oxygens (including phenoxy) is 1. The molecule has 0 bridgehead atoms. The average Bonchev–Trinajstić information content (AvgIpc) is 2.88. The maximum Gasteiger partial charge on any atom is 0.203 e. The van der Waals surface area contributed by atoms with E-state index in [4.69, 9.17) is 4.74 Å². The Labute approximate surface area is 130 Å². The van der Waals surface area contributed by atoms with Crippen LogP contribution in [-0.2, 0) is 6.54 Å². The molecule has 0 aliphatic carbocycles. The first-order valence-electron chi connectivity index (χ1n) is 7.66. The molecule has 4 heteroatoms. The van der Waals surface area contributed by atoms with Crippen LogP contribution in [0.25, 0.3) is 11.0 Å². The minimum absolute atomic E-state index is 0.613.